The molecule has 0 unspecified atom stereocenters. The highest BCUT2D eigenvalue weighted by Gasteiger charge is 2.57. The highest BCUT2D eigenvalue weighted by atomic mass is 16.5. The van der Waals surface area contributed by atoms with Crippen LogP contribution < -0.4 is 20.3 Å². The van der Waals surface area contributed by atoms with Gasteiger partial charge in [0.2, 0.25) is 11.7 Å². The number of barbiturate groups is 1. The summed E-state index contributed by atoms with van der Waals surface area (Å²) >= 11 is 0. The Morgan fingerprint density at radius 3 is 2.44 bits per heavy atom. The van der Waals surface area contributed by atoms with Crippen LogP contribution in [-0.2, 0) is 9.59 Å². The summed E-state index contributed by atoms with van der Waals surface area (Å²) in [6, 6.07) is 14.8. The Morgan fingerprint density at radius 1 is 0.974 bits per heavy atom. The molecule has 0 radical (unpaired) electrons. The first-order valence-electron chi connectivity index (χ1n) is 11.9. The van der Waals surface area contributed by atoms with E-state index >= 15 is 0 Å². The molecule has 2 aliphatic heterocycles. The molecule has 2 saturated heterocycles. The van der Waals surface area contributed by atoms with Gasteiger partial charge in [0.1, 0.15) is 17.5 Å². The molecular formula is C26H18N8O5. The lowest BCUT2D eigenvalue weighted by Gasteiger charge is -2.38. The molecular weight excluding hydrogens is 504 g/mol. The minimum atomic E-state index is -1.49. The van der Waals surface area contributed by atoms with Gasteiger partial charge in [-0.3, -0.25) is 20.2 Å². The summed E-state index contributed by atoms with van der Waals surface area (Å²) in [5.74, 6) is 0.128. The number of amides is 4. The molecule has 2 fully saturated rings. The number of hydrogen-bond donors (Lipinski definition) is 2. The van der Waals surface area contributed by atoms with Crippen LogP contribution in [0.25, 0.3) is 23.0 Å². The molecule has 0 atom stereocenters. The third-order valence-electron chi connectivity index (χ3n) is 6.49. The predicted octanol–water partition coefficient (Wildman–Crippen LogP) is 2.56. The molecule has 13 nitrogen and oxygen atoms in total. The van der Waals surface area contributed by atoms with Gasteiger partial charge in [0.15, 0.2) is 5.54 Å². The highest BCUT2D eigenvalue weighted by molar-refractivity contribution is 6.24. The molecule has 192 valence electrons. The monoisotopic (exact) mass is 522 g/mol. The van der Waals surface area contributed by atoms with Gasteiger partial charge in [-0.25, -0.2) is 14.8 Å². The van der Waals surface area contributed by atoms with Crippen molar-refractivity contribution in [3.8, 4) is 40.7 Å². The maximum Gasteiger partial charge on any atom is 0.328 e. The predicted molar refractivity (Wildman–Crippen MR) is 133 cm³/mol. The van der Waals surface area contributed by atoms with Crippen LogP contribution in [0, 0.1) is 11.3 Å². The van der Waals surface area contributed by atoms with Crippen molar-refractivity contribution in [2.24, 2.45) is 0 Å². The van der Waals surface area contributed by atoms with Gasteiger partial charge in [0.25, 0.3) is 17.7 Å². The average molecular weight is 522 g/mol. The summed E-state index contributed by atoms with van der Waals surface area (Å²) in [5.41, 5.74) is 0.648. The third kappa shape index (κ3) is 4.19. The van der Waals surface area contributed by atoms with Gasteiger partial charge in [-0.05, 0) is 55.3 Å². The van der Waals surface area contributed by atoms with Crippen molar-refractivity contribution < 1.29 is 23.6 Å². The number of rotatable bonds is 5. The highest BCUT2D eigenvalue weighted by Crippen LogP contribution is 2.36. The van der Waals surface area contributed by atoms with Crippen LogP contribution in [0.15, 0.2) is 65.4 Å². The lowest BCUT2D eigenvalue weighted by molar-refractivity contribution is -0.137. The summed E-state index contributed by atoms with van der Waals surface area (Å²) in [6.07, 6.45) is 3.84. The molecule has 4 aromatic rings. The van der Waals surface area contributed by atoms with Gasteiger partial charge >= 0.3 is 6.03 Å². The normalized spacial score (nSPS) is 16.1. The fourth-order valence-electron chi connectivity index (χ4n) is 4.60. The van der Waals surface area contributed by atoms with Crippen LogP contribution in [-0.4, -0.2) is 50.0 Å². The van der Waals surface area contributed by atoms with Crippen LogP contribution >= 0.6 is 0 Å². The summed E-state index contributed by atoms with van der Waals surface area (Å²) in [4.78, 5) is 51.3. The molecule has 13 heteroatoms. The van der Waals surface area contributed by atoms with E-state index in [1.54, 1.807) is 53.4 Å². The standard InChI is InChI=1S/C26H18N8O5/c27-12-15-2-8-19(28-13-15)22-30-21(33-39-22)16-3-6-18(7-4-16)38-20-9-5-17(14-29-20)34-11-1-10-26(34)23(35)31-25(37)32-24(26)36/h2-9,13-14H,1,10-11H2,(H2,31,32,35,36,37). The number of hydrogen-bond acceptors (Lipinski definition) is 11. The second-order valence-corrected chi connectivity index (χ2v) is 8.80. The molecule has 5 heterocycles. The quantitative estimate of drug-likeness (QED) is 0.368. The van der Waals surface area contributed by atoms with E-state index in [-0.39, 0.29) is 12.3 Å². The number of aromatic nitrogens is 4. The first-order chi connectivity index (χ1) is 19.0. The Balaban J connectivity index is 1.14. The lowest BCUT2D eigenvalue weighted by Crippen LogP contribution is -2.71. The zero-order valence-electron chi connectivity index (χ0n) is 20.1. The van der Waals surface area contributed by atoms with E-state index in [1.165, 1.54) is 12.4 Å². The fourth-order valence-corrected chi connectivity index (χ4v) is 4.60. The summed E-state index contributed by atoms with van der Waals surface area (Å²) < 4.78 is 11.1. The van der Waals surface area contributed by atoms with Crippen molar-refractivity contribution in [3.63, 3.8) is 0 Å². The number of imide groups is 2. The number of pyridine rings is 2. The van der Waals surface area contributed by atoms with Crippen molar-refractivity contribution in [1.82, 2.24) is 30.7 Å². The molecule has 3 aromatic heterocycles. The van der Waals surface area contributed by atoms with Crippen molar-refractivity contribution >= 4 is 23.5 Å². The maximum atomic E-state index is 12.7. The SMILES string of the molecule is N#Cc1ccc(-c2nc(-c3ccc(Oc4ccc(N5CCCC56C(=O)NC(=O)NC6=O)cn4)cc3)no2)nc1. The van der Waals surface area contributed by atoms with Crippen molar-refractivity contribution in [2.75, 3.05) is 11.4 Å². The first-order valence-corrected chi connectivity index (χ1v) is 11.9. The topological polar surface area (TPSA) is 176 Å². The molecule has 39 heavy (non-hydrogen) atoms. The smallest absolute Gasteiger partial charge is 0.328 e. The van der Waals surface area contributed by atoms with E-state index in [0.29, 0.717) is 52.9 Å². The van der Waals surface area contributed by atoms with Crippen molar-refractivity contribution in [1.29, 1.82) is 5.26 Å². The van der Waals surface area contributed by atoms with Gasteiger partial charge < -0.3 is 14.2 Å². The number of anilines is 1. The molecule has 1 aromatic carbocycles. The van der Waals surface area contributed by atoms with Gasteiger partial charge in [-0.2, -0.15) is 10.2 Å². The summed E-state index contributed by atoms with van der Waals surface area (Å²) in [7, 11) is 0. The third-order valence-corrected chi connectivity index (χ3v) is 6.49. The van der Waals surface area contributed by atoms with E-state index in [0.717, 1.165) is 0 Å². The zero-order valence-corrected chi connectivity index (χ0v) is 20.1. The van der Waals surface area contributed by atoms with E-state index in [9.17, 15) is 14.4 Å². The Kier molecular flexibility index (Phi) is 5.69. The Labute approximate surface area is 220 Å². The minimum Gasteiger partial charge on any atom is -0.439 e. The Morgan fingerprint density at radius 2 is 1.77 bits per heavy atom. The van der Waals surface area contributed by atoms with Gasteiger partial charge in [-0.15, -0.1) is 0 Å². The first kappa shape index (κ1) is 23.7. The van der Waals surface area contributed by atoms with Crippen LogP contribution in [0.5, 0.6) is 11.6 Å². The van der Waals surface area contributed by atoms with E-state index in [4.69, 9.17) is 14.5 Å². The zero-order chi connectivity index (χ0) is 27.0. The maximum absolute atomic E-state index is 12.7. The Hall–Kier alpha value is -5.64. The van der Waals surface area contributed by atoms with Crippen LogP contribution in [0.4, 0.5) is 10.5 Å². The molecule has 0 saturated carbocycles. The molecule has 6 rings (SSSR count). The molecule has 0 bridgehead atoms. The van der Waals surface area contributed by atoms with Crippen LogP contribution in [0.3, 0.4) is 0 Å². The second kappa shape index (κ2) is 9.34. The van der Waals surface area contributed by atoms with Crippen molar-refractivity contribution in [2.45, 2.75) is 18.4 Å². The number of nitrogens with one attached hydrogen (secondary N) is 2. The number of benzene rings is 1. The largest absolute Gasteiger partial charge is 0.439 e. The summed E-state index contributed by atoms with van der Waals surface area (Å²) in [5, 5.41) is 17.3. The molecule has 0 aliphatic carbocycles. The number of carbonyl (C=O) groups is 3. The molecule has 1 spiro atoms. The van der Waals surface area contributed by atoms with Gasteiger partial charge in [0, 0.05) is 24.4 Å². The number of nitriles is 1. The lowest BCUT2D eigenvalue weighted by atomic mass is 9.92. The fraction of sp³-hybridized carbons (Fsp3) is 0.154. The van der Waals surface area contributed by atoms with Gasteiger partial charge in [0.05, 0.1) is 17.4 Å². The molecule has 2 N–H and O–H groups in total. The second-order valence-electron chi connectivity index (χ2n) is 8.80. The van der Waals surface area contributed by atoms with E-state index in [1.807, 2.05) is 6.07 Å². The van der Waals surface area contributed by atoms with Gasteiger partial charge in [-0.1, -0.05) is 5.16 Å². The minimum absolute atomic E-state index is 0.230. The average Bonchev–Trinajstić information content (AvgIpc) is 3.62. The number of carbonyl (C=O) groups excluding carboxylic acids is 3. The van der Waals surface area contributed by atoms with Crippen LogP contribution in [0.2, 0.25) is 0 Å². The van der Waals surface area contributed by atoms with Crippen molar-refractivity contribution in [3.05, 3.63) is 66.5 Å². The van der Waals surface area contributed by atoms with E-state index in [2.05, 4.69) is 30.7 Å². The number of ether oxygens (including phenoxy) is 1. The number of urea groups is 1. The Bertz CT molecular complexity index is 1600. The number of nitrogens with zero attached hydrogens (tertiary/aromatic N) is 6. The summed E-state index contributed by atoms with van der Waals surface area (Å²) in [6.45, 7) is 0.456. The van der Waals surface area contributed by atoms with Crippen LogP contribution in [0.1, 0.15) is 18.4 Å². The van der Waals surface area contributed by atoms with E-state index < -0.39 is 23.4 Å². The molecule has 4 amide bonds. The molecule has 2 aliphatic rings.